The van der Waals surface area contributed by atoms with Gasteiger partial charge >= 0.3 is 0 Å². The highest BCUT2D eigenvalue weighted by atomic mass is 16.3. The second kappa shape index (κ2) is 4.44. The van der Waals surface area contributed by atoms with E-state index in [1.54, 1.807) is 6.26 Å². The van der Waals surface area contributed by atoms with Gasteiger partial charge in [0.05, 0.1) is 18.9 Å². The molecule has 4 nitrogen and oxygen atoms in total. The summed E-state index contributed by atoms with van der Waals surface area (Å²) in [6.07, 6.45) is 2.52. The lowest BCUT2D eigenvalue weighted by Crippen LogP contribution is -2.54. The van der Waals surface area contributed by atoms with E-state index in [-0.39, 0.29) is 6.10 Å². The minimum Gasteiger partial charge on any atom is -0.468 e. The van der Waals surface area contributed by atoms with E-state index in [0.717, 1.165) is 38.4 Å². The number of aliphatic hydroxyl groups is 1. The van der Waals surface area contributed by atoms with Crippen LogP contribution in [0.25, 0.3) is 0 Å². The first-order valence-electron chi connectivity index (χ1n) is 6.41. The van der Waals surface area contributed by atoms with Crippen LogP contribution in [0.3, 0.4) is 0 Å². The second-order valence-electron chi connectivity index (χ2n) is 5.36. The summed E-state index contributed by atoms with van der Waals surface area (Å²) in [5.41, 5.74) is 0. The minimum atomic E-state index is -0.129. The average molecular weight is 236 g/mol. The molecule has 0 aliphatic carbocycles. The molecule has 2 aliphatic rings. The summed E-state index contributed by atoms with van der Waals surface area (Å²) in [6, 6.07) is 5.02. The van der Waals surface area contributed by atoms with Crippen molar-refractivity contribution < 1.29 is 9.52 Å². The van der Waals surface area contributed by atoms with Crippen molar-refractivity contribution in [2.45, 2.75) is 38.1 Å². The third-order valence-electron chi connectivity index (χ3n) is 4.01. The lowest BCUT2D eigenvalue weighted by molar-refractivity contribution is 0.0484. The Morgan fingerprint density at radius 3 is 3.06 bits per heavy atom. The Morgan fingerprint density at radius 2 is 2.29 bits per heavy atom. The maximum atomic E-state index is 9.71. The lowest BCUT2D eigenvalue weighted by atomic mass is 10.1. The van der Waals surface area contributed by atoms with Gasteiger partial charge < -0.3 is 9.52 Å². The summed E-state index contributed by atoms with van der Waals surface area (Å²) < 4.78 is 5.41. The van der Waals surface area contributed by atoms with Crippen LogP contribution in [0, 0.1) is 0 Å². The van der Waals surface area contributed by atoms with Crippen LogP contribution >= 0.6 is 0 Å². The van der Waals surface area contributed by atoms with Crippen LogP contribution in [0.1, 0.15) is 19.1 Å². The van der Waals surface area contributed by atoms with Crippen molar-refractivity contribution in [3.63, 3.8) is 0 Å². The van der Waals surface area contributed by atoms with Crippen molar-refractivity contribution >= 4 is 0 Å². The molecule has 1 aromatic heterocycles. The molecule has 4 heteroatoms. The summed E-state index contributed by atoms with van der Waals surface area (Å²) in [5.74, 6) is 1.03. The second-order valence-corrected chi connectivity index (χ2v) is 5.36. The van der Waals surface area contributed by atoms with Crippen molar-refractivity contribution in [3.8, 4) is 0 Å². The Balaban J connectivity index is 1.66. The SMILES string of the molecule is C[C@@H]1CN2C[C@H](O)C[C@@H]2CN1Cc1ccco1. The van der Waals surface area contributed by atoms with Gasteiger partial charge in [0.15, 0.2) is 0 Å². The molecule has 0 bridgehead atoms. The Kier molecular flexibility index (Phi) is 2.94. The fraction of sp³-hybridized carbons (Fsp3) is 0.692. The van der Waals surface area contributed by atoms with E-state index in [9.17, 15) is 5.11 Å². The summed E-state index contributed by atoms with van der Waals surface area (Å²) in [6.45, 7) is 6.09. The molecule has 0 aromatic carbocycles. The number of nitrogens with zero attached hydrogens (tertiary/aromatic N) is 2. The largest absolute Gasteiger partial charge is 0.468 e. The minimum absolute atomic E-state index is 0.129. The zero-order valence-electron chi connectivity index (χ0n) is 10.2. The smallest absolute Gasteiger partial charge is 0.117 e. The van der Waals surface area contributed by atoms with E-state index in [1.807, 2.05) is 12.1 Å². The molecular formula is C13H20N2O2. The molecule has 3 rings (SSSR count). The van der Waals surface area contributed by atoms with Gasteiger partial charge in [-0.3, -0.25) is 9.80 Å². The molecule has 0 saturated carbocycles. The van der Waals surface area contributed by atoms with Gasteiger partial charge in [0, 0.05) is 31.7 Å². The number of rotatable bonds is 2. The Labute approximate surface area is 102 Å². The van der Waals surface area contributed by atoms with E-state index in [4.69, 9.17) is 4.42 Å². The number of piperazine rings is 1. The highest BCUT2D eigenvalue weighted by Gasteiger charge is 2.38. The fourth-order valence-electron chi connectivity index (χ4n) is 3.10. The van der Waals surface area contributed by atoms with Crippen LogP contribution in [0.5, 0.6) is 0 Å². The number of hydrogen-bond acceptors (Lipinski definition) is 4. The molecule has 1 aromatic rings. The normalized spacial score (nSPS) is 35.1. The Hall–Kier alpha value is -0.840. The number of furan rings is 1. The van der Waals surface area contributed by atoms with E-state index < -0.39 is 0 Å². The van der Waals surface area contributed by atoms with Gasteiger partial charge in [0.2, 0.25) is 0 Å². The van der Waals surface area contributed by atoms with E-state index in [0.29, 0.717) is 12.1 Å². The highest BCUT2D eigenvalue weighted by molar-refractivity contribution is 5.01. The van der Waals surface area contributed by atoms with E-state index in [2.05, 4.69) is 16.7 Å². The number of fused-ring (bicyclic) bond motifs is 1. The van der Waals surface area contributed by atoms with Crippen LogP contribution in [0.2, 0.25) is 0 Å². The van der Waals surface area contributed by atoms with Gasteiger partial charge in [0.1, 0.15) is 5.76 Å². The molecule has 17 heavy (non-hydrogen) atoms. The molecule has 3 atom stereocenters. The fourth-order valence-corrected chi connectivity index (χ4v) is 3.10. The summed E-state index contributed by atoms with van der Waals surface area (Å²) in [5, 5.41) is 9.71. The molecule has 2 saturated heterocycles. The van der Waals surface area contributed by atoms with Crippen molar-refractivity contribution in [1.82, 2.24) is 9.80 Å². The first kappa shape index (κ1) is 11.3. The number of hydrogen-bond donors (Lipinski definition) is 1. The quantitative estimate of drug-likeness (QED) is 0.829. The standard InChI is InChI=1S/C13H20N2O2/c1-10-6-15-8-12(16)5-11(15)7-14(10)9-13-3-2-4-17-13/h2-4,10-12,16H,5-9H2,1H3/t10-,11-,12-/m1/s1. The van der Waals surface area contributed by atoms with Crippen LogP contribution in [0.15, 0.2) is 22.8 Å². The zero-order chi connectivity index (χ0) is 11.8. The van der Waals surface area contributed by atoms with Gasteiger partial charge in [-0.05, 0) is 25.5 Å². The molecule has 3 heterocycles. The maximum Gasteiger partial charge on any atom is 0.117 e. The Morgan fingerprint density at radius 1 is 1.41 bits per heavy atom. The van der Waals surface area contributed by atoms with Crippen molar-refractivity contribution in [2.24, 2.45) is 0 Å². The molecule has 2 fully saturated rings. The third kappa shape index (κ3) is 2.25. The summed E-state index contributed by atoms with van der Waals surface area (Å²) in [7, 11) is 0. The third-order valence-corrected chi connectivity index (χ3v) is 4.01. The van der Waals surface area contributed by atoms with E-state index >= 15 is 0 Å². The lowest BCUT2D eigenvalue weighted by Gasteiger charge is -2.41. The maximum absolute atomic E-state index is 9.71. The van der Waals surface area contributed by atoms with Crippen molar-refractivity contribution in [3.05, 3.63) is 24.2 Å². The molecular weight excluding hydrogens is 216 g/mol. The highest BCUT2D eigenvalue weighted by Crippen LogP contribution is 2.26. The van der Waals surface area contributed by atoms with Crippen LogP contribution in [-0.4, -0.2) is 52.7 Å². The zero-order valence-corrected chi connectivity index (χ0v) is 10.2. The van der Waals surface area contributed by atoms with E-state index in [1.165, 1.54) is 0 Å². The van der Waals surface area contributed by atoms with Crippen LogP contribution in [0.4, 0.5) is 0 Å². The first-order valence-corrected chi connectivity index (χ1v) is 6.41. The number of aliphatic hydroxyl groups excluding tert-OH is 1. The summed E-state index contributed by atoms with van der Waals surface area (Å²) >= 11 is 0. The average Bonchev–Trinajstić information content (AvgIpc) is 2.87. The van der Waals surface area contributed by atoms with Gasteiger partial charge in [-0.2, -0.15) is 0 Å². The topological polar surface area (TPSA) is 39.9 Å². The first-order chi connectivity index (χ1) is 8.22. The van der Waals surface area contributed by atoms with Crippen LogP contribution in [-0.2, 0) is 6.54 Å². The van der Waals surface area contributed by atoms with Crippen LogP contribution < -0.4 is 0 Å². The van der Waals surface area contributed by atoms with Gasteiger partial charge in [-0.25, -0.2) is 0 Å². The van der Waals surface area contributed by atoms with Gasteiger partial charge in [0.25, 0.3) is 0 Å². The predicted molar refractivity (Wildman–Crippen MR) is 64.6 cm³/mol. The molecule has 0 radical (unpaired) electrons. The molecule has 94 valence electrons. The van der Waals surface area contributed by atoms with Gasteiger partial charge in [-0.15, -0.1) is 0 Å². The molecule has 1 N–H and O–H groups in total. The molecule has 2 aliphatic heterocycles. The van der Waals surface area contributed by atoms with Crippen molar-refractivity contribution in [2.75, 3.05) is 19.6 Å². The summed E-state index contributed by atoms with van der Waals surface area (Å²) in [4.78, 5) is 4.88. The monoisotopic (exact) mass is 236 g/mol. The molecule has 0 unspecified atom stereocenters. The molecule has 0 spiro atoms. The van der Waals surface area contributed by atoms with Gasteiger partial charge in [-0.1, -0.05) is 0 Å². The van der Waals surface area contributed by atoms with Crippen molar-refractivity contribution in [1.29, 1.82) is 0 Å². The predicted octanol–water partition coefficient (Wildman–Crippen LogP) is 0.919. The molecule has 0 amide bonds. The Bertz CT molecular complexity index is 366.